The first kappa shape index (κ1) is 14.3. The Kier molecular flexibility index (Phi) is 4.58. The van der Waals surface area contributed by atoms with Crippen molar-refractivity contribution in [3.8, 4) is 5.75 Å². The Morgan fingerprint density at radius 2 is 2.06 bits per heavy atom. The summed E-state index contributed by atoms with van der Waals surface area (Å²) in [6, 6.07) is 4.34. The number of hydrogen-bond acceptors (Lipinski definition) is 2. The van der Waals surface area contributed by atoms with Gasteiger partial charge in [-0.2, -0.15) is 8.78 Å². The number of rotatable bonds is 6. The van der Waals surface area contributed by atoms with Crippen LogP contribution in [0.1, 0.15) is 5.56 Å². The third kappa shape index (κ3) is 3.65. The molecule has 1 rings (SSSR count). The summed E-state index contributed by atoms with van der Waals surface area (Å²) in [5.41, 5.74) is 6.48. The predicted octanol–water partition coefficient (Wildman–Crippen LogP) is 3.28. The molecule has 1 aromatic carbocycles. The second-order valence-corrected chi connectivity index (χ2v) is 3.71. The molecule has 0 saturated carbocycles. The molecular formula is C12H13F4NO. The molecule has 18 heavy (non-hydrogen) atoms. The molecule has 0 heterocycles. The SMILES string of the molecule is C=CCc1cc(N)ccc1OCC(F)(F)C(F)F. The zero-order chi connectivity index (χ0) is 13.8. The first-order valence-corrected chi connectivity index (χ1v) is 5.15. The summed E-state index contributed by atoms with van der Waals surface area (Å²) in [6.07, 6.45) is -1.87. The average Bonchev–Trinajstić information content (AvgIpc) is 2.28. The summed E-state index contributed by atoms with van der Waals surface area (Å²) in [4.78, 5) is 0. The lowest BCUT2D eigenvalue weighted by atomic mass is 10.1. The summed E-state index contributed by atoms with van der Waals surface area (Å²) in [5.74, 6) is -4.07. The van der Waals surface area contributed by atoms with Crippen molar-refractivity contribution in [2.24, 2.45) is 0 Å². The minimum Gasteiger partial charge on any atom is -0.487 e. The lowest BCUT2D eigenvalue weighted by Gasteiger charge is -2.17. The van der Waals surface area contributed by atoms with E-state index in [9.17, 15) is 17.6 Å². The Bertz CT molecular complexity index is 421. The van der Waals surface area contributed by atoms with Crippen molar-refractivity contribution in [2.45, 2.75) is 18.8 Å². The molecule has 6 heteroatoms. The maximum absolute atomic E-state index is 12.7. The van der Waals surface area contributed by atoms with E-state index in [2.05, 4.69) is 6.58 Å². The summed E-state index contributed by atoms with van der Waals surface area (Å²) >= 11 is 0. The number of alkyl halides is 4. The van der Waals surface area contributed by atoms with Crippen molar-refractivity contribution >= 4 is 5.69 Å². The number of allylic oxidation sites excluding steroid dienone is 1. The molecule has 0 saturated heterocycles. The van der Waals surface area contributed by atoms with Gasteiger partial charge in [0.25, 0.3) is 0 Å². The quantitative estimate of drug-likeness (QED) is 0.485. The fourth-order valence-corrected chi connectivity index (χ4v) is 1.29. The lowest BCUT2D eigenvalue weighted by molar-refractivity contribution is -0.148. The Labute approximate surface area is 102 Å². The topological polar surface area (TPSA) is 35.2 Å². The van der Waals surface area contributed by atoms with Gasteiger partial charge in [-0.05, 0) is 30.2 Å². The van der Waals surface area contributed by atoms with Crippen LogP contribution in [-0.4, -0.2) is 19.0 Å². The third-order valence-corrected chi connectivity index (χ3v) is 2.19. The van der Waals surface area contributed by atoms with Gasteiger partial charge in [-0.15, -0.1) is 6.58 Å². The van der Waals surface area contributed by atoms with Crippen LogP contribution in [0.3, 0.4) is 0 Å². The fraction of sp³-hybridized carbons (Fsp3) is 0.333. The van der Waals surface area contributed by atoms with Gasteiger partial charge in [-0.1, -0.05) is 6.08 Å². The van der Waals surface area contributed by atoms with Crippen LogP contribution in [-0.2, 0) is 6.42 Å². The van der Waals surface area contributed by atoms with E-state index in [0.717, 1.165) is 0 Å². The molecule has 0 bridgehead atoms. The van der Waals surface area contributed by atoms with Crippen molar-refractivity contribution in [1.29, 1.82) is 0 Å². The normalized spacial score (nSPS) is 11.6. The monoisotopic (exact) mass is 263 g/mol. The molecule has 2 nitrogen and oxygen atoms in total. The number of hydrogen-bond donors (Lipinski definition) is 1. The van der Waals surface area contributed by atoms with Crippen LogP contribution in [0, 0.1) is 0 Å². The van der Waals surface area contributed by atoms with Gasteiger partial charge >= 0.3 is 12.3 Å². The third-order valence-electron chi connectivity index (χ3n) is 2.19. The Balaban J connectivity index is 2.81. The Morgan fingerprint density at radius 1 is 1.39 bits per heavy atom. The highest BCUT2D eigenvalue weighted by atomic mass is 19.3. The zero-order valence-electron chi connectivity index (χ0n) is 9.51. The molecule has 0 radical (unpaired) electrons. The lowest BCUT2D eigenvalue weighted by Crippen LogP contribution is -2.33. The molecule has 2 N–H and O–H groups in total. The fourth-order valence-electron chi connectivity index (χ4n) is 1.29. The maximum Gasteiger partial charge on any atom is 0.340 e. The minimum atomic E-state index is -4.17. The standard InChI is InChI=1S/C12H13F4NO/c1-2-3-8-6-9(17)4-5-10(8)18-7-12(15,16)11(13)14/h2,4-6,11H,1,3,7,17H2. The largest absolute Gasteiger partial charge is 0.487 e. The highest BCUT2D eigenvalue weighted by Crippen LogP contribution is 2.27. The van der Waals surface area contributed by atoms with Gasteiger partial charge in [0.1, 0.15) is 5.75 Å². The predicted molar refractivity (Wildman–Crippen MR) is 61.2 cm³/mol. The molecular weight excluding hydrogens is 250 g/mol. The second-order valence-electron chi connectivity index (χ2n) is 3.71. The van der Waals surface area contributed by atoms with Crippen LogP contribution < -0.4 is 10.5 Å². The summed E-state index contributed by atoms with van der Waals surface area (Å²) in [6.45, 7) is 2.12. The van der Waals surface area contributed by atoms with Crippen LogP contribution in [0.4, 0.5) is 23.2 Å². The molecule has 0 spiro atoms. The van der Waals surface area contributed by atoms with E-state index in [1.54, 1.807) is 0 Å². The number of halogens is 4. The smallest absolute Gasteiger partial charge is 0.340 e. The number of nitrogen functional groups attached to an aromatic ring is 1. The number of anilines is 1. The zero-order valence-corrected chi connectivity index (χ0v) is 9.51. The average molecular weight is 263 g/mol. The van der Waals surface area contributed by atoms with Crippen LogP contribution in [0.25, 0.3) is 0 Å². The molecule has 0 fully saturated rings. The van der Waals surface area contributed by atoms with E-state index < -0.39 is 19.0 Å². The van der Waals surface area contributed by atoms with Gasteiger partial charge in [0.15, 0.2) is 6.61 Å². The molecule has 0 aliphatic carbocycles. The highest BCUT2D eigenvalue weighted by molar-refractivity contribution is 5.48. The molecule has 100 valence electrons. The Hall–Kier alpha value is -1.72. The van der Waals surface area contributed by atoms with E-state index in [1.807, 2.05) is 0 Å². The van der Waals surface area contributed by atoms with Gasteiger partial charge < -0.3 is 10.5 Å². The summed E-state index contributed by atoms with van der Waals surface area (Å²) in [7, 11) is 0. The van der Waals surface area contributed by atoms with E-state index in [1.165, 1.54) is 24.3 Å². The number of benzene rings is 1. The van der Waals surface area contributed by atoms with Gasteiger partial charge in [0.2, 0.25) is 0 Å². The van der Waals surface area contributed by atoms with Gasteiger partial charge in [-0.25, -0.2) is 8.78 Å². The van der Waals surface area contributed by atoms with Crippen LogP contribution >= 0.6 is 0 Å². The van der Waals surface area contributed by atoms with E-state index in [0.29, 0.717) is 17.7 Å². The van der Waals surface area contributed by atoms with Crippen molar-refractivity contribution in [1.82, 2.24) is 0 Å². The van der Waals surface area contributed by atoms with Gasteiger partial charge in [-0.3, -0.25) is 0 Å². The molecule has 0 aromatic heterocycles. The summed E-state index contributed by atoms with van der Waals surface area (Å²) < 4.78 is 54.1. The minimum absolute atomic E-state index is 0.101. The van der Waals surface area contributed by atoms with Crippen molar-refractivity contribution in [3.05, 3.63) is 36.4 Å². The molecule has 0 atom stereocenters. The van der Waals surface area contributed by atoms with Crippen LogP contribution in [0.2, 0.25) is 0 Å². The van der Waals surface area contributed by atoms with Gasteiger partial charge in [0, 0.05) is 5.69 Å². The highest BCUT2D eigenvalue weighted by Gasteiger charge is 2.41. The van der Waals surface area contributed by atoms with Crippen LogP contribution in [0.5, 0.6) is 5.75 Å². The summed E-state index contributed by atoms with van der Waals surface area (Å²) in [5, 5.41) is 0. The molecule has 0 aliphatic heterocycles. The van der Waals surface area contributed by atoms with Crippen molar-refractivity contribution in [3.63, 3.8) is 0 Å². The van der Waals surface area contributed by atoms with Gasteiger partial charge in [0.05, 0.1) is 0 Å². The van der Waals surface area contributed by atoms with Crippen molar-refractivity contribution in [2.75, 3.05) is 12.3 Å². The Morgan fingerprint density at radius 3 is 2.61 bits per heavy atom. The first-order chi connectivity index (χ1) is 8.36. The van der Waals surface area contributed by atoms with Crippen molar-refractivity contribution < 1.29 is 22.3 Å². The molecule has 0 aliphatic rings. The van der Waals surface area contributed by atoms with E-state index in [-0.39, 0.29) is 5.75 Å². The molecule has 1 aromatic rings. The van der Waals surface area contributed by atoms with Crippen LogP contribution in [0.15, 0.2) is 30.9 Å². The molecule has 0 unspecified atom stereocenters. The van der Waals surface area contributed by atoms with E-state index >= 15 is 0 Å². The number of nitrogens with two attached hydrogens (primary N) is 1. The first-order valence-electron chi connectivity index (χ1n) is 5.15. The maximum atomic E-state index is 12.7. The number of ether oxygens (including phenoxy) is 1. The van der Waals surface area contributed by atoms with E-state index in [4.69, 9.17) is 10.5 Å². The second kappa shape index (κ2) is 5.75. The molecule has 0 amide bonds.